The van der Waals surface area contributed by atoms with Gasteiger partial charge in [-0.1, -0.05) is 6.07 Å². The lowest BCUT2D eigenvalue weighted by Crippen LogP contribution is -2.48. The Hall–Kier alpha value is -3.52. The maximum Gasteiger partial charge on any atom is 0.266 e. The smallest absolute Gasteiger partial charge is 0.266 e. The molecule has 1 aliphatic rings. The van der Waals surface area contributed by atoms with Crippen LogP contribution in [-0.4, -0.2) is 52.2 Å². The summed E-state index contributed by atoms with van der Waals surface area (Å²) >= 11 is 1.27. The van der Waals surface area contributed by atoms with Gasteiger partial charge in [-0.15, -0.1) is 11.3 Å². The summed E-state index contributed by atoms with van der Waals surface area (Å²) in [5.74, 6) is -0.0182. The summed E-state index contributed by atoms with van der Waals surface area (Å²) in [6, 6.07) is 14.6. The molecule has 1 fully saturated rings. The standard InChI is InChI=1S/C23H20N4O3S/c1-15(28)16-5-7-17(8-6-16)25-10-12-26(13-11-25)23(30)19-14-18-21(31-19)24-20-4-2-3-9-27(20)22(18)29/h2-9,14H,10-13H2,1H3. The molecule has 0 atom stereocenters. The van der Waals surface area contributed by atoms with Gasteiger partial charge in [0.25, 0.3) is 11.5 Å². The van der Waals surface area contributed by atoms with Crippen LogP contribution in [0.2, 0.25) is 0 Å². The van der Waals surface area contributed by atoms with E-state index < -0.39 is 0 Å². The molecule has 156 valence electrons. The number of fused-ring (bicyclic) bond motifs is 2. The van der Waals surface area contributed by atoms with Crippen molar-refractivity contribution in [1.29, 1.82) is 0 Å². The summed E-state index contributed by atoms with van der Waals surface area (Å²) in [6.07, 6.45) is 1.69. The highest BCUT2D eigenvalue weighted by Crippen LogP contribution is 2.25. The predicted octanol–water partition coefficient (Wildman–Crippen LogP) is 3.07. The third kappa shape index (κ3) is 3.48. The number of amides is 1. The van der Waals surface area contributed by atoms with Gasteiger partial charge in [0, 0.05) is 43.6 Å². The number of thiophene rings is 1. The van der Waals surface area contributed by atoms with E-state index in [4.69, 9.17) is 0 Å². The molecule has 1 saturated heterocycles. The third-order valence-corrected chi connectivity index (χ3v) is 6.65. The van der Waals surface area contributed by atoms with Crippen LogP contribution in [0.1, 0.15) is 27.0 Å². The molecule has 0 N–H and O–H groups in total. The molecule has 5 rings (SSSR count). The number of anilines is 1. The summed E-state index contributed by atoms with van der Waals surface area (Å²) in [5.41, 5.74) is 2.15. The minimum absolute atomic E-state index is 0.0484. The SMILES string of the molecule is CC(=O)c1ccc(N2CCN(C(=O)c3cc4c(=O)n5ccccc5nc4s3)CC2)cc1. The number of pyridine rings is 1. The first-order valence-corrected chi connectivity index (χ1v) is 10.9. The zero-order chi connectivity index (χ0) is 21.5. The average molecular weight is 433 g/mol. The maximum absolute atomic E-state index is 13.1. The lowest BCUT2D eigenvalue weighted by atomic mass is 10.1. The Morgan fingerprint density at radius 3 is 2.45 bits per heavy atom. The van der Waals surface area contributed by atoms with Crippen molar-refractivity contribution in [3.63, 3.8) is 0 Å². The molecule has 7 nitrogen and oxygen atoms in total. The van der Waals surface area contributed by atoms with Crippen LogP contribution in [0.3, 0.4) is 0 Å². The number of rotatable bonds is 3. The van der Waals surface area contributed by atoms with Crippen LogP contribution in [0.25, 0.3) is 15.9 Å². The van der Waals surface area contributed by atoms with Gasteiger partial charge in [0.15, 0.2) is 5.78 Å². The summed E-state index contributed by atoms with van der Waals surface area (Å²) < 4.78 is 1.50. The predicted molar refractivity (Wildman–Crippen MR) is 121 cm³/mol. The quantitative estimate of drug-likeness (QED) is 0.465. The highest BCUT2D eigenvalue weighted by atomic mass is 32.1. The van der Waals surface area contributed by atoms with Gasteiger partial charge in [-0.2, -0.15) is 0 Å². The summed E-state index contributed by atoms with van der Waals surface area (Å²) in [5, 5.41) is 0.473. The van der Waals surface area contributed by atoms with Crippen LogP contribution in [0.15, 0.2) is 59.5 Å². The first-order chi connectivity index (χ1) is 15.0. The maximum atomic E-state index is 13.1. The minimum Gasteiger partial charge on any atom is -0.368 e. The van der Waals surface area contributed by atoms with Crippen LogP contribution >= 0.6 is 11.3 Å². The Morgan fingerprint density at radius 1 is 1.00 bits per heavy atom. The van der Waals surface area contributed by atoms with E-state index in [2.05, 4.69) is 9.88 Å². The highest BCUT2D eigenvalue weighted by Gasteiger charge is 2.24. The molecule has 1 aromatic carbocycles. The second kappa shape index (κ2) is 7.63. The van der Waals surface area contributed by atoms with Crippen LogP contribution < -0.4 is 10.5 Å². The van der Waals surface area contributed by atoms with Gasteiger partial charge in [0.1, 0.15) is 10.5 Å². The van der Waals surface area contributed by atoms with Gasteiger partial charge in [0.2, 0.25) is 0 Å². The summed E-state index contributed by atoms with van der Waals surface area (Å²) in [4.78, 5) is 47.0. The molecule has 0 saturated carbocycles. The fourth-order valence-corrected chi connectivity index (χ4v) is 4.88. The number of carbonyl (C=O) groups excluding carboxylic acids is 2. The molecule has 0 spiro atoms. The molecule has 1 aliphatic heterocycles. The molecular weight excluding hydrogens is 412 g/mol. The van der Waals surface area contributed by atoms with Crippen molar-refractivity contribution < 1.29 is 9.59 Å². The van der Waals surface area contributed by atoms with E-state index in [0.29, 0.717) is 52.5 Å². The van der Waals surface area contributed by atoms with E-state index in [9.17, 15) is 14.4 Å². The van der Waals surface area contributed by atoms with Gasteiger partial charge >= 0.3 is 0 Å². The number of Topliss-reactive ketones (excluding diaryl/α,β-unsaturated/α-hetero) is 1. The minimum atomic E-state index is -0.158. The van der Waals surface area contributed by atoms with Gasteiger partial charge < -0.3 is 9.80 Å². The molecule has 3 aromatic heterocycles. The average Bonchev–Trinajstić information content (AvgIpc) is 3.23. The first-order valence-electron chi connectivity index (χ1n) is 10.1. The Labute approximate surface area is 182 Å². The Bertz CT molecular complexity index is 1370. The monoisotopic (exact) mass is 432 g/mol. The van der Waals surface area contributed by atoms with Crippen molar-refractivity contribution >= 4 is 44.6 Å². The Balaban J connectivity index is 1.34. The van der Waals surface area contributed by atoms with E-state index in [1.165, 1.54) is 15.7 Å². The van der Waals surface area contributed by atoms with Gasteiger partial charge in [0.05, 0.1) is 10.3 Å². The molecule has 4 aromatic rings. The van der Waals surface area contributed by atoms with Crippen molar-refractivity contribution in [2.24, 2.45) is 0 Å². The van der Waals surface area contributed by atoms with Crippen molar-refractivity contribution in [2.75, 3.05) is 31.1 Å². The van der Waals surface area contributed by atoms with Gasteiger partial charge in [-0.25, -0.2) is 4.98 Å². The van der Waals surface area contributed by atoms with E-state index in [-0.39, 0.29) is 17.2 Å². The fraction of sp³-hybridized carbons (Fsp3) is 0.217. The van der Waals surface area contributed by atoms with Crippen molar-refractivity contribution in [2.45, 2.75) is 6.92 Å². The first kappa shape index (κ1) is 19.4. The van der Waals surface area contributed by atoms with Crippen LogP contribution in [0, 0.1) is 0 Å². The number of aromatic nitrogens is 2. The molecule has 0 radical (unpaired) electrons. The molecular formula is C23H20N4O3S. The number of piperazine rings is 1. The van der Waals surface area contributed by atoms with Crippen molar-refractivity contribution in [1.82, 2.24) is 14.3 Å². The molecule has 0 unspecified atom stereocenters. The zero-order valence-electron chi connectivity index (χ0n) is 16.9. The molecule has 0 aliphatic carbocycles. The molecule has 8 heteroatoms. The zero-order valence-corrected chi connectivity index (χ0v) is 17.8. The number of carbonyl (C=O) groups is 2. The molecule has 0 bridgehead atoms. The molecule has 31 heavy (non-hydrogen) atoms. The fourth-order valence-electron chi connectivity index (χ4n) is 3.88. The normalized spacial score (nSPS) is 14.4. The Kier molecular flexibility index (Phi) is 4.78. The lowest BCUT2D eigenvalue weighted by molar-refractivity contribution is 0.0751. The second-order valence-corrected chi connectivity index (χ2v) is 8.59. The van der Waals surface area contributed by atoms with Crippen molar-refractivity contribution in [3.8, 4) is 0 Å². The number of hydrogen-bond acceptors (Lipinski definition) is 6. The molecule has 1 amide bonds. The number of benzene rings is 1. The summed E-state index contributed by atoms with van der Waals surface area (Å²) in [6.45, 7) is 4.16. The van der Waals surface area contributed by atoms with Gasteiger partial charge in [-0.05, 0) is 49.4 Å². The van der Waals surface area contributed by atoms with E-state index >= 15 is 0 Å². The largest absolute Gasteiger partial charge is 0.368 e. The number of ketones is 1. The Morgan fingerprint density at radius 2 is 1.74 bits per heavy atom. The van der Waals surface area contributed by atoms with E-state index in [0.717, 1.165) is 5.69 Å². The topological polar surface area (TPSA) is 75.0 Å². The number of hydrogen-bond donors (Lipinski definition) is 0. The van der Waals surface area contributed by atoms with Crippen LogP contribution in [0.4, 0.5) is 5.69 Å². The molecule has 4 heterocycles. The second-order valence-electron chi connectivity index (χ2n) is 7.56. The third-order valence-electron chi connectivity index (χ3n) is 5.63. The highest BCUT2D eigenvalue weighted by molar-refractivity contribution is 7.20. The van der Waals surface area contributed by atoms with Crippen LogP contribution in [0.5, 0.6) is 0 Å². The lowest BCUT2D eigenvalue weighted by Gasteiger charge is -2.36. The van der Waals surface area contributed by atoms with Crippen LogP contribution in [-0.2, 0) is 0 Å². The summed E-state index contributed by atoms with van der Waals surface area (Å²) in [7, 11) is 0. The van der Waals surface area contributed by atoms with E-state index in [1.807, 2.05) is 35.2 Å². The van der Waals surface area contributed by atoms with Gasteiger partial charge in [-0.3, -0.25) is 18.8 Å². The van der Waals surface area contributed by atoms with E-state index in [1.54, 1.807) is 31.3 Å². The van der Waals surface area contributed by atoms with Crippen molar-refractivity contribution in [3.05, 3.63) is 75.5 Å². The number of nitrogens with zero attached hydrogens (tertiary/aromatic N) is 4.